The second-order valence-corrected chi connectivity index (χ2v) is 3.51. The first-order chi connectivity index (χ1) is 7.25. The lowest BCUT2D eigenvalue weighted by molar-refractivity contribution is -0.117. The van der Waals surface area contributed by atoms with Crippen molar-refractivity contribution in [1.29, 1.82) is 0 Å². The summed E-state index contributed by atoms with van der Waals surface area (Å²) in [5, 5.41) is 5.76. The summed E-state index contributed by atoms with van der Waals surface area (Å²) in [5.41, 5.74) is 0.523. The van der Waals surface area contributed by atoms with Gasteiger partial charge in [0.2, 0.25) is 11.9 Å². The molecule has 0 aromatic carbocycles. The van der Waals surface area contributed by atoms with Crippen molar-refractivity contribution in [2.45, 2.75) is 18.9 Å². The Bertz CT molecular complexity index is 346. The molecule has 2 N–H and O–H groups in total. The predicted octanol–water partition coefficient (Wildman–Crippen LogP) is 0.911. The fourth-order valence-corrected chi connectivity index (χ4v) is 1.59. The average Bonchev–Trinajstić information content (AvgIpc) is 2.74. The summed E-state index contributed by atoms with van der Waals surface area (Å²) >= 11 is 0. The molecular formula is C10H12FN3O. The third-order valence-electron chi connectivity index (χ3n) is 2.37. The van der Waals surface area contributed by atoms with Crippen molar-refractivity contribution in [2.24, 2.45) is 0 Å². The van der Waals surface area contributed by atoms with Crippen LogP contribution in [-0.4, -0.2) is 23.5 Å². The van der Waals surface area contributed by atoms with Gasteiger partial charge in [0.05, 0.1) is 17.9 Å². The number of nitrogens with one attached hydrogen (secondary N) is 2. The van der Waals surface area contributed by atoms with Gasteiger partial charge in [0, 0.05) is 0 Å². The van der Waals surface area contributed by atoms with E-state index in [1.54, 1.807) is 0 Å². The van der Waals surface area contributed by atoms with Gasteiger partial charge in [-0.05, 0) is 31.5 Å². The van der Waals surface area contributed by atoms with Gasteiger partial charge in [-0.15, -0.1) is 0 Å². The molecule has 0 radical (unpaired) electrons. The molecule has 0 bridgehead atoms. The molecule has 5 heteroatoms. The largest absolute Gasteiger partial charge is 0.323 e. The van der Waals surface area contributed by atoms with Crippen molar-refractivity contribution >= 4 is 11.6 Å². The topological polar surface area (TPSA) is 54.0 Å². The number of carbonyl (C=O) groups excluding carboxylic acids is 1. The van der Waals surface area contributed by atoms with Crippen LogP contribution in [0.1, 0.15) is 12.8 Å². The summed E-state index contributed by atoms with van der Waals surface area (Å²) in [4.78, 5) is 15.1. The van der Waals surface area contributed by atoms with Gasteiger partial charge in [0.25, 0.3) is 0 Å². The Morgan fingerprint density at radius 2 is 2.47 bits per heavy atom. The van der Waals surface area contributed by atoms with Crippen molar-refractivity contribution in [2.75, 3.05) is 11.9 Å². The lowest BCUT2D eigenvalue weighted by Crippen LogP contribution is -2.35. The lowest BCUT2D eigenvalue weighted by Gasteiger charge is -2.10. The molecule has 1 aliphatic heterocycles. The van der Waals surface area contributed by atoms with Crippen LogP contribution in [0.3, 0.4) is 0 Å². The number of amides is 1. The molecule has 1 aliphatic rings. The molecule has 0 spiro atoms. The molecular weight excluding hydrogens is 197 g/mol. The molecule has 1 aromatic heterocycles. The van der Waals surface area contributed by atoms with E-state index in [2.05, 4.69) is 15.6 Å². The average molecular weight is 209 g/mol. The molecule has 0 aliphatic carbocycles. The quantitative estimate of drug-likeness (QED) is 0.712. The Morgan fingerprint density at radius 3 is 3.07 bits per heavy atom. The van der Waals surface area contributed by atoms with Gasteiger partial charge in [-0.25, -0.2) is 4.98 Å². The second-order valence-electron chi connectivity index (χ2n) is 3.51. The fraction of sp³-hybridized carbons (Fsp3) is 0.400. The SMILES string of the molecule is O=C(Nc1ccc(F)nc1)[C@@H]1CCCN1. The minimum atomic E-state index is -0.549. The predicted molar refractivity (Wildman–Crippen MR) is 53.8 cm³/mol. The summed E-state index contributed by atoms with van der Waals surface area (Å²) < 4.78 is 12.5. The van der Waals surface area contributed by atoms with Crippen LogP contribution in [0.25, 0.3) is 0 Å². The Morgan fingerprint density at radius 1 is 1.60 bits per heavy atom. The molecule has 1 amide bonds. The minimum absolute atomic E-state index is 0.0825. The molecule has 2 rings (SSSR count). The van der Waals surface area contributed by atoms with Gasteiger partial charge in [-0.2, -0.15) is 4.39 Å². The highest BCUT2D eigenvalue weighted by molar-refractivity contribution is 5.94. The first kappa shape index (κ1) is 10.0. The fourth-order valence-electron chi connectivity index (χ4n) is 1.59. The molecule has 1 fully saturated rings. The number of hydrogen-bond acceptors (Lipinski definition) is 3. The van der Waals surface area contributed by atoms with Crippen molar-refractivity contribution in [3.63, 3.8) is 0 Å². The van der Waals surface area contributed by atoms with Crippen molar-refractivity contribution < 1.29 is 9.18 Å². The Balaban J connectivity index is 1.96. The molecule has 1 atom stereocenters. The molecule has 80 valence electrons. The van der Waals surface area contributed by atoms with E-state index in [4.69, 9.17) is 0 Å². The highest BCUT2D eigenvalue weighted by atomic mass is 19.1. The normalized spacial score (nSPS) is 20.2. The Hall–Kier alpha value is -1.49. The summed E-state index contributed by atoms with van der Waals surface area (Å²) in [6.45, 7) is 0.875. The van der Waals surface area contributed by atoms with Crippen LogP contribution in [0.2, 0.25) is 0 Å². The number of rotatable bonds is 2. The Labute approximate surface area is 86.9 Å². The molecule has 4 nitrogen and oxygen atoms in total. The van der Waals surface area contributed by atoms with Crippen LogP contribution in [0.5, 0.6) is 0 Å². The Kier molecular flexibility index (Phi) is 2.91. The van der Waals surface area contributed by atoms with Crippen molar-refractivity contribution in [1.82, 2.24) is 10.3 Å². The first-order valence-electron chi connectivity index (χ1n) is 4.91. The molecule has 1 saturated heterocycles. The van der Waals surface area contributed by atoms with E-state index in [0.717, 1.165) is 19.4 Å². The third kappa shape index (κ3) is 2.50. The maximum absolute atomic E-state index is 12.5. The van der Waals surface area contributed by atoms with Gasteiger partial charge in [0.15, 0.2) is 0 Å². The van der Waals surface area contributed by atoms with Gasteiger partial charge >= 0.3 is 0 Å². The summed E-state index contributed by atoms with van der Waals surface area (Å²) in [6.07, 6.45) is 3.17. The van der Waals surface area contributed by atoms with Crippen molar-refractivity contribution in [3.8, 4) is 0 Å². The van der Waals surface area contributed by atoms with Crippen LogP contribution in [0.4, 0.5) is 10.1 Å². The van der Waals surface area contributed by atoms with E-state index in [0.29, 0.717) is 5.69 Å². The molecule has 1 aromatic rings. The van der Waals surface area contributed by atoms with Gasteiger partial charge in [-0.1, -0.05) is 0 Å². The molecule has 15 heavy (non-hydrogen) atoms. The number of carbonyl (C=O) groups is 1. The first-order valence-corrected chi connectivity index (χ1v) is 4.91. The number of hydrogen-bond donors (Lipinski definition) is 2. The number of pyridine rings is 1. The molecule has 0 unspecified atom stereocenters. The maximum Gasteiger partial charge on any atom is 0.241 e. The maximum atomic E-state index is 12.5. The monoisotopic (exact) mass is 209 g/mol. The zero-order chi connectivity index (χ0) is 10.7. The smallest absolute Gasteiger partial charge is 0.241 e. The minimum Gasteiger partial charge on any atom is -0.323 e. The van der Waals surface area contributed by atoms with E-state index in [1.807, 2.05) is 0 Å². The number of anilines is 1. The number of nitrogens with zero attached hydrogens (tertiary/aromatic N) is 1. The zero-order valence-electron chi connectivity index (χ0n) is 8.16. The molecule has 0 saturated carbocycles. The summed E-state index contributed by atoms with van der Waals surface area (Å²) in [6, 6.07) is 2.59. The van der Waals surface area contributed by atoms with E-state index in [1.165, 1.54) is 18.3 Å². The second kappa shape index (κ2) is 4.35. The van der Waals surface area contributed by atoms with Gasteiger partial charge < -0.3 is 10.6 Å². The zero-order valence-corrected chi connectivity index (χ0v) is 8.16. The van der Waals surface area contributed by atoms with Crippen LogP contribution in [-0.2, 0) is 4.79 Å². The van der Waals surface area contributed by atoms with Crippen LogP contribution in [0, 0.1) is 5.95 Å². The highest BCUT2D eigenvalue weighted by Gasteiger charge is 2.21. The molecule has 2 heterocycles. The number of halogens is 1. The summed E-state index contributed by atoms with van der Waals surface area (Å²) in [7, 11) is 0. The van der Waals surface area contributed by atoms with Crippen LogP contribution < -0.4 is 10.6 Å². The van der Waals surface area contributed by atoms with Crippen molar-refractivity contribution in [3.05, 3.63) is 24.3 Å². The van der Waals surface area contributed by atoms with Crippen LogP contribution in [0.15, 0.2) is 18.3 Å². The van der Waals surface area contributed by atoms with E-state index >= 15 is 0 Å². The standard InChI is InChI=1S/C10H12FN3O/c11-9-4-3-7(6-13-9)14-10(15)8-2-1-5-12-8/h3-4,6,8,12H,1-2,5H2,(H,14,15)/t8-/m0/s1. The third-order valence-corrected chi connectivity index (χ3v) is 2.37. The van der Waals surface area contributed by atoms with E-state index < -0.39 is 5.95 Å². The van der Waals surface area contributed by atoms with E-state index in [-0.39, 0.29) is 11.9 Å². The number of aromatic nitrogens is 1. The highest BCUT2D eigenvalue weighted by Crippen LogP contribution is 2.10. The van der Waals surface area contributed by atoms with Crippen LogP contribution >= 0.6 is 0 Å². The van der Waals surface area contributed by atoms with E-state index in [9.17, 15) is 9.18 Å². The lowest BCUT2D eigenvalue weighted by atomic mass is 10.2. The summed E-state index contributed by atoms with van der Waals surface area (Å²) in [5.74, 6) is -0.632. The van der Waals surface area contributed by atoms with Gasteiger partial charge in [0.1, 0.15) is 0 Å². The van der Waals surface area contributed by atoms with Gasteiger partial charge in [-0.3, -0.25) is 4.79 Å².